The molecular weight excluding hydrogens is 284 g/mol. The number of aryl methyl sites for hydroxylation is 1. The van der Waals surface area contributed by atoms with E-state index in [0.29, 0.717) is 0 Å². The van der Waals surface area contributed by atoms with Crippen LogP contribution in [0.4, 0.5) is 0 Å². The van der Waals surface area contributed by atoms with Crippen LogP contribution < -0.4 is 4.72 Å². The molecule has 0 aliphatic heterocycles. The molecule has 2 rings (SSSR count). The normalized spacial score (nSPS) is 11.0. The van der Waals surface area contributed by atoms with Gasteiger partial charge >= 0.3 is 0 Å². The second kappa shape index (κ2) is 6.53. The Labute approximate surface area is 125 Å². The number of nitrogens with zero attached hydrogens (tertiary/aromatic N) is 1. The number of benzene rings is 2. The van der Waals surface area contributed by atoms with Crippen molar-refractivity contribution in [1.82, 2.24) is 4.72 Å². The van der Waals surface area contributed by atoms with Crippen LogP contribution in [0.1, 0.15) is 16.7 Å². The molecule has 0 aromatic heterocycles. The van der Waals surface area contributed by atoms with Crippen molar-refractivity contribution in [1.29, 1.82) is 5.26 Å². The predicted molar refractivity (Wildman–Crippen MR) is 81.0 cm³/mol. The summed E-state index contributed by atoms with van der Waals surface area (Å²) in [4.78, 5) is 0.206. The first-order valence-corrected chi connectivity index (χ1v) is 8.01. The minimum atomic E-state index is -3.54. The van der Waals surface area contributed by atoms with E-state index in [9.17, 15) is 8.42 Å². The maximum Gasteiger partial charge on any atom is 0.240 e. The zero-order chi connectivity index (χ0) is 15.3. The Kier molecular flexibility index (Phi) is 4.73. The number of hydrogen-bond donors (Lipinski definition) is 1. The number of nitrogens with one attached hydrogen (secondary N) is 1. The lowest BCUT2D eigenvalue weighted by molar-refractivity contribution is 0.581. The van der Waals surface area contributed by atoms with Gasteiger partial charge in [-0.15, -0.1) is 0 Å². The first-order chi connectivity index (χ1) is 10.0. The number of nitriles is 1. The Morgan fingerprint density at radius 2 is 1.76 bits per heavy atom. The molecule has 5 heteroatoms. The van der Waals surface area contributed by atoms with Crippen molar-refractivity contribution in [3.05, 3.63) is 65.2 Å². The van der Waals surface area contributed by atoms with E-state index in [2.05, 4.69) is 4.72 Å². The molecule has 1 N–H and O–H groups in total. The van der Waals surface area contributed by atoms with Crippen LogP contribution in [-0.4, -0.2) is 8.42 Å². The molecule has 0 atom stereocenters. The molecule has 0 fully saturated rings. The van der Waals surface area contributed by atoms with Crippen LogP contribution in [0.5, 0.6) is 0 Å². The van der Waals surface area contributed by atoms with Crippen molar-refractivity contribution in [2.45, 2.75) is 24.8 Å². The molecule has 0 amide bonds. The van der Waals surface area contributed by atoms with Crippen LogP contribution in [0.2, 0.25) is 0 Å². The second-order valence-corrected chi connectivity index (χ2v) is 6.50. The summed E-state index contributed by atoms with van der Waals surface area (Å²) in [5, 5.41) is 8.60. The Morgan fingerprint density at radius 3 is 2.38 bits per heavy atom. The van der Waals surface area contributed by atoms with Gasteiger partial charge in [0.1, 0.15) is 0 Å². The zero-order valence-electron chi connectivity index (χ0n) is 11.7. The highest BCUT2D eigenvalue weighted by Gasteiger charge is 2.13. The van der Waals surface area contributed by atoms with E-state index in [0.717, 1.165) is 16.7 Å². The van der Waals surface area contributed by atoms with Gasteiger partial charge in [0.05, 0.1) is 17.4 Å². The van der Waals surface area contributed by atoms with Crippen LogP contribution in [0.15, 0.2) is 53.4 Å². The molecule has 2 aromatic carbocycles. The van der Waals surface area contributed by atoms with Crippen molar-refractivity contribution in [3.8, 4) is 6.07 Å². The minimum Gasteiger partial charge on any atom is -0.207 e. The number of hydrogen-bond acceptors (Lipinski definition) is 3. The molecule has 108 valence electrons. The molecule has 2 aromatic rings. The summed E-state index contributed by atoms with van der Waals surface area (Å²) in [7, 11) is -3.54. The minimum absolute atomic E-state index is 0.206. The average molecular weight is 300 g/mol. The van der Waals surface area contributed by atoms with E-state index in [1.807, 2.05) is 37.3 Å². The van der Waals surface area contributed by atoms with Crippen molar-refractivity contribution >= 4 is 10.0 Å². The van der Waals surface area contributed by atoms with Gasteiger partial charge in [0.2, 0.25) is 10.0 Å². The van der Waals surface area contributed by atoms with Gasteiger partial charge in [-0.1, -0.05) is 36.4 Å². The van der Waals surface area contributed by atoms with Crippen LogP contribution in [0.25, 0.3) is 0 Å². The molecule has 0 spiro atoms. The first kappa shape index (κ1) is 15.2. The number of sulfonamides is 1. The third-order valence-corrected chi connectivity index (χ3v) is 4.65. The van der Waals surface area contributed by atoms with E-state index in [1.165, 1.54) is 12.1 Å². The van der Waals surface area contributed by atoms with Crippen molar-refractivity contribution < 1.29 is 8.42 Å². The highest BCUT2D eigenvalue weighted by Crippen LogP contribution is 2.13. The monoisotopic (exact) mass is 300 g/mol. The molecule has 0 aliphatic carbocycles. The quantitative estimate of drug-likeness (QED) is 0.922. The van der Waals surface area contributed by atoms with Crippen LogP contribution in [0.3, 0.4) is 0 Å². The highest BCUT2D eigenvalue weighted by molar-refractivity contribution is 7.89. The summed E-state index contributed by atoms with van der Waals surface area (Å²) >= 11 is 0. The van der Waals surface area contributed by atoms with E-state index < -0.39 is 10.0 Å². The van der Waals surface area contributed by atoms with E-state index in [1.54, 1.807) is 12.1 Å². The molecular formula is C16H16N2O2S. The van der Waals surface area contributed by atoms with Crippen LogP contribution >= 0.6 is 0 Å². The summed E-state index contributed by atoms with van der Waals surface area (Å²) in [6.45, 7) is 2.20. The Balaban J connectivity index is 2.12. The van der Waals surface area contributed by atoms with E-state index in [-0.39, 0.29) is 17.9 Å². The van der Waals surface area contributed by atoms with E-state index in [4.69, 9.17) is 5.26 Å². The second-order valence-electron chi connectivity index (χ2n) is 4.73. The summed E-state index contributed by atoms with van der Waals surface area (Å²) < 4.78 is 27.0. The van der Waals surface area contributed by atoms with Crippen molar-refractivity contribution in [2.24, 2.45) is 0 Å². The van der Waals surface area contributed by atoms with Gasteiger partial charge in [0, 0.05) is 6.54 Å². The standard InChI is InChI=1S/C16H16N2O2S/c1-13-4-2-3-5-15(13)12-18-21(19,20)16-8-6-14(7-9-16)10-11-17/h2-9,18H,10,12H2,1H3. The lowest BCUT2D eigenvalue weighted by atomic mass is 10.1. The maximum absolute atomic E-state index is 12.2. The zero-order valence-corrected chi connectivity index (χ0v) is 12.5. The largest absolute Gasteiger partial charge is 0.240 e. The molecule has 0 aliphatic rings. The first-order valence-electron chi connectivity index (χ1n) is 6.53. The lowest BCUT2D eigenvalue weighted by Gasteiger charge is -2.09. The van der Waals surface area contributed by atoms with Crippen LogP contribution in [-0.2, 0) is 23.0 Å². The van der Waals surface area contributed by atoms with Crippen LogP contribution in [0, 0.1) is 18.3 Å². The summed E-state index contributed by atoms with van der Waals surface area (Å²) in [5.41, 5.74) is 2.79. The fourth-order valence-corrected chi connectivity index (χ4v) is 2.95. The third-order valence-electron chi connectivity index (χ3n) is 3.23. The van der Waals surface area contributed by atoms with Gasteiger partial charge in [-0.3, -0.25) is 0 Å². The fourth-order valence-electron chi connectivity index (χ4n) is 1.94. The van der Waals surface area contributed by atoms with Gasteiger partial charge in [-0.2, -0.15) is 5.26 Å². The fraction of sp³-hybridized carbons (Fsp3) is 0.188. The highest BCUT2D eigenvalue weighted by atomic mass is 32.2. The molecule has 0 saturated heterocycles. The topological polar surface area (TPSA) is 70.0 Å². The molecule has 0 bridgehead atoms. The smallest absolute Gasteiger partial charge is 0.207 e. The van der Waals surface area contributed by atoms with Gasteiger partial charge in [0.15, 0.2) is 0 Å². The van der Waals surface area contributed by atoms with Gasteiger partial charge in [-0.05, 0) is 35.7 Å². The Morgan fingerprint density at radius 1 is 1.10 bits per heavy atom. The molecule has 21 heavy (non-hydrogen) atoms. The summed E-state index contributed by atoms with van der Waals surface area (Å²) in [6.07, 6.45) is 0.275. The lowest BCUT2D eigenvalue weighted by Crippen LogP contribution is -2.23. The van der Waals surface area contributed by atoms with Crippen molar-refractivity contribution in [2.75, 3.05) is 0 Å². The van der Waals surface area contributed by atoms with Gasteiger partial charge < -0.3 is 0 Å². The van der Waals surface area contributed by atoms with E-state index >= 15 is 0 Å². The average Bonchev–Trinajstić information content (AvgIpc) is 2.47. The Hall–Kier alpha value is -2.16. The molecule has 0 heterocycles. The number of rotatable bonds is 5. The SMILES string of the molecule is Cc1ccccc1CNS(=O)(=O)c1ccc(CC#N)cc1. The molecule has 0 saturated carbocycles. The molecule has 4 nitrogen and oxygen atoms in total. The molecule has 0 unspecified atom stereocenters. The Bertz CT molecular complexity index is 760. The van der Waals surface area contributed by atoms with Gasteiger partial charge in [-0.25, -0.2) is 13.1 Å². The van der Waals surface area contributed by atoms with Gasteiger partial charge in [0.25, 0.3) is 0 Å². The van der Waals surface area contributed by atoms with Crippen molar-refractivity contribution in [3.63, 3.8) is 0 Å². The molecule has 0 radical (unpaired) electrons. The third kappa shape index (κ3) is 3.91. The summed E-state index contributed by atoms with van der Waals surface area (Å²) in [5.74, 6) is 0. The predicted octanol–water partition coefficient (Wildman–Crippen LogP) is 2.54. The summed E-state index contributed by atoms with van der Waals surface area (Å²) in [6, 6.07) is 16.0. The maximum atomic E-state index is 12.2.